The number of hydrogen-bond acceptors (Lipinski definition) is 1. The Morgan fingerprint density at radius 2 is 1.70 bits per heavy atom. The molecule has 1 amide bonds. The molecular formula is C15H28BrN3O. The molecule has 1 aromatic rings. The summed E-state index contributed by atoms with van der Waals surface area (Å²) in [4.78, 5) is 10.9. The standard InChI is InChI=1S/C15H27N3O.BrH/c1-3-4-5-6-7-8-9-10-11-17-12-13-18(14-17)16-15(2)19;/h12-14H,3-11H2,1-2H3;1H. The molecule has 0 saturated heterocycles. The van der Waals surface area contributed by atoms with Crippen molar-refractivity contribution in [2.45, 2.75) is 71.8 Å². The molecule has 0 spiro atoms. The topological polar surface area (TPSA) is 37.9 Å². The maximum Gasteiger partial charge on any atom is 0.267 e. The maximum atomic E-state index is 10.9. The number of amides is 1. The van der Waals surface area contributed by atoms with E-state index in [4.69, 9.17) is 0 Å². The zero-order valence-corrected chi connectivity index (χ0v) is 14.4. The predicted octanol–water partition coefficient (Wildman–Crippen LogP) is 0.0103. The fourth-order valence-corrected chi connectivity index (χ4v) is 2.20. The Bertz CT molecular complexity index is 366. The van der Waals surface area contributed by atoms with Crippen molar-refractivity contribution < 1.29 is 26.5 Å². The summed E-state index contributed by atoms with van der Waals surface area (Å²) in [6.45, 7) is 4.80. The van der Waals surface area contributed by atoms with Crippen LogP contribution in [0, 0.1) is 0 Å². The molecule has 20 heavy (non-hydrogen) atoms. The Balaban J connectivity index is 0.00000361. The zero-order valence-electron chi connectivity index (χ0n) is 12.8. The van der Waals surface area contributed by atoms with E-state index in [-0.39, 0.29) is 22.9 Å². The molecule has 5 heteroatoms. The summed E-state index contributed by atoms with van der Waals surface area (Å²) in [5, 5.41) is 0. The molecule has 0 atom stereocenters. The van der Waals surface area contributed by atoms with Crippen LogP contribution in [0.3, 0.4) is 0 Å². The van der Waals surface area contributed by atoms with Crippen LogP contribution in [-0.2, 0) is 11.3 Å². The fraction of sp³-hybridized carbons (Fsp3) is 0.733. The molecule has 116 valence electrons. The normalized spacial score (nSPS) is 10.1. The highest BCUT2D eigenvalue weighted by molar-refractivity contribution is 5.79. The summed E-state index contributed by atoms with van der Waals surface area (Å²) in [6.07, 6.45) is 16.5. The summed E-state index contributed by atoms with van der Waals surface area (Å²) in [7, 11) is 0. The molecule has 4 nitrogen and oxygen atoms in total. The largest absolute Gasteiger partial charge is 1.00 e. The van der Waals surface area contributed by atoms with Crippen LogP contribution in [0.25, 0.3) is 0 Å². The second-order valence-electron chi connectivity index (χ2n) is 5.20. The fourth-order valence-electron chi connectivity index (χ4n) is 2.20. The second kappa shape index (κ2) is 11.9. The van der Waals surface area contributed by atoms with Gasteiger partial charge in [0.2, 0.25) is 0 Å². The molecule has 0 bridgehead atoms. The first kappa shape index (κ1) is 19.2. The molecular weight excluding hydrogens is 318 g/mol. The van der Waals surface area contributed by atoms with Crippen LogP contribution in [0.5, 0.6) is 0 Å². The minimum atomic E-state index is -0.0465. The average molecular weight is 346 g/mol. The van der Waals surface area contributed by atoms with Gasteiger partial charge in [-0.1, -0.05) is 45.4 Å². The van der Waals surface area contributed by atoms with Crippen LogP contribution >= 0.6 is 0 Å². The molecule has 1 heterocycles. The van der Waals surface area contributed by atoms with Crippen molar-refractivity contribution in [1.29, 1.82) is 0 Å². The molecule has 1 rings (SSSR count). The number of carbonyl (C=O) groups excluding carboxylic acids is 1. The third kappa shape index (κ3) is 9.13. The lowest BCUT2D eigenvalue weighted by atomic mass is 10.1. The number of aryl methyl sites for hydroxylation is 1. The van der Waals surface area contributed by atoms with E-state index in [9.17, 15) is 4.79 Å². The molecule has 0 aliphatic heterocycles. The first-order chi connectivity index (χ1) is 9.22. The molecule has 1 aromatic heterocycles. The van der Waals surface area contributed by atoms with Crippen molar-refractivity contribution in [2.75, 3.05) is 5.43 Å². The van der Waals surface area contributed by atoms with Crippen molar-refractivity contribution in [3.8, 4) is 0 Å². The van der Waals surface area contributed by atoms with Gasteiger partial charge >= 0.3 is 0 Å². The van der Waals surface area contributed by atoms with E-state index in [0.717, 1.165) is 6.54 Å². The number of aromatic nitrogens is 2. The van der Waals surface area contributed by atoms with Crippen LogP contribution in [-0.4, -0.2) is 10.5 Å². The Kier molecular flexibility index (Phi) is 11.4. The van der Waals surface area contributed by atoms with Gasteiger partial charge in [-0.2, -0.15) is 5.43 Å². The van der Waals surface area contributed by atoms with Crippen LogP contribution in [0.4, 0.5) is 0 Å². The van der Waals surface area contributed by atoms with E-state index in [2.05, 4.69) is 16.9 Å². The van der Waals surface area contributed by atoms with Crippen molar-refractivity contribution >= 4 is 5.91 Å². The number of carbonyl (C=O) groups is 1. The number of halogens is 1. The molecule has 0 aliphatic rings. The predicted molar refractivity (Wildman–Crippen MR) is 77.3 cm³/mol. The summed E-state index contributed by atoms with van der Waals surface area (Å²) in [5.41, 5.74) is 2.71. The Morgan fingerprint density at radius 1 is 1.10 bits per heavy atom. The number of nitrogens with one attached hydrogen (secondary N) is 1. The highest BCUT2D eigenvalue weighted by atomic mass is 79.9. The van der Waals surface area contributed by atoms with Crippen LogP contribution in [0.2, 0.25) is 0 Å². The average Bonchev–Trinajstić information content (AvgIpc) is 2.79. The van der Waals surface area contributed by atoms with Crippen LogP contribution in [0.1, 0.15) is 65.2 Å². The number of imidazole rings is 1. The van der Waals surface area contributed by atoms with E-state index < -0.39 is 0 Å². The zero-order chi connectivity index (χ0) is 13.9. The highest BCUT2D eigenvalue weighted by Gasteiger charge is 2.04. The van der Waals surface area contributed by atoms with Crippen molar-refractivity contribution in [3.05, 3.63) is 18.7 Å². The van der Waals surface area contributed by atoms with E-state index in [1.54, 1.807) is 4.68 Å². The van der Waals surface area contributed by atoms with Gasteiger partial charge < -0.3 is 17.0 Å². The molecule has 1 N–H and O–H groups in total. The lowest BCUT2D eigenvalue weighted by Crippen LogP contribution is -3.00. The highest BCUT2D eigenvalue weighted by Crippen LogP contribution is 2.08. The third-order valence-corrected chi connectivity index (χ3v) is 3.25. The van der Waals surface area contributed by atoms with Crippen molar-refractivity contribution in [2.24, 2.45) is 0 Å². The smallest absolute Gasteiger partial charge is 0.267 e. The molecule has 0 aromatic carbocycles. The van der Waals surface area contributed by atoms with Gasteiger partial charge in [0.05, 0.1) is 6.54 Å². The maximum absolute atomic E-state index is 10.9. The van der Waals surface area contributed by atoms with Gasteiger partial charge in [-0.25, -0.2) is 4.57 Å². The summed E-state index contributed by atoms with van der Waals surface area (Å²) < 4.78 is 3.82. The van der Waals surface area contributed by atoms with E-state index in [1.807, 2.05) is 18.7 Å². The van der Waals surface area contributed by atoms with Gasteiger partial charge in [-0.15, -0.1) is 4.68 Å². The van der Waals surface area contributed by atoms with E-state index >= 15 is 0 Å². The van der Waals surface area contributed by atoms with Crippen LogP contribution in [0.15, 0.2) is 18.7 Å². The Labute approximate surface area is 133 Å². The lowest BCUT2D eigenvalue weighted by molar-refractivity contribution is -0.641. The van der Waals surface area contributed by atoms with E-state index in [1.165, 1.54) is 58.3 Å². The molecule has 0 aliphatic carbocycles. The van der Waals surface area contributed by atoms with Crippen molar-refractivity contribution in [1.82, 2.24) is 4.57 Å². The van der Waals surface area contributed by atoms with Gasteiger partial charge in [-0.05, 0) is 12.8 Å². The molecule has 0 radical (unpaired) electrons. The summed E-state index contributed by atoms with van der Waals surface area (Å²) >= 11 is 0. The first-order valence-corrected chi connectivity index (χ1v) is 7.57. The minimum absolute atomic E-state index is 0. The molecule has 0 saturated carbocycles. The number of nitrogens with zero attached hydrogens (tertiary/aromatic N) is 2. The number of hydrogen-bond donors (Lipinski definition) is 1. The number of rotatable bonds is 10. The van der Waals surface area contributed by atoms with Crippen molar-refractivity contribution in [3.63, 3.8) is 0 Å². The minimum Gasteiger partial charge on any atom is -1.00 e. The van der Waals surface area contributed by atoms with E-state index in [0.29, 0.717) is 0 Å². The second-order valence-corrected chi connectivity index (χ2v) is 5.20. The SMILES string of the molecule is CCCCCCCCCCn1cc[n+](NC(C)=O)c1.[Br-]. The van der Waals surface area contributed by atoms with Crippen LogP contribution < -0.4 is 27.1 Å². The monoisotopic (exact) mass is 345 g/mol. The summed E-state index contributed by atoms with van der Waals surface area (Å²) in [6, 6.07) is 0. The van der Waals surface area contributed by atoms with Gasteiger partial charge in [0.1, 0.15) is 6.20 Å². The number of unbranched alkanes of at least 4 members (excludes halogenated alkanes) is 7. The molecule has 0 fully saturated rings. The van der Waals surface area contributed by atoms with Gasteiger partial charge in [-0.3, -0.25) is 4.79 Å². The quantitative estimate of drug-likeness (QED) is 0.470. The lowest BCUT2D eigenvalue weighted by Gasteiger charge is -2.00. The summed E-state index contributed by atoms with van der Waals surface area (Å²) in [5.74, 6) is -0.0465. The van der Waals surface area contributed by atoms with Gasteiger partial charge in [0, 0.05) is 6.92 Å². The van der Waals surface area contributed by atoms with Gasteiger partial charge in [0.15, 0.2) is 6.20 Å². The third-order valence-electron chi connectivity index (χ3n) is 3.25. The molecule has 0 unspecified atom stereocenters. The Morgan fingerprint density at radius 3 is 2.30 bits per heavy atom. The first-order valence-electron chi connectivity index (χ1n) is 7.57. The Hall–Kier alpha value is -0.840. The van der Waals surface area contributed by atoms with Gasteiger partial charge in [0.25, 0.3) is 12.2 Å².